The number of thiazole rings is 1. The van der Waals surface area contributed by atoms with Crippen LogP contribution in [0.4, 0.5) is 0 Å². The maximum absolute atomic E-state index is 5.80. The van der Waals surface area contributed by atoms with E-state index in [4.69, 9.17) is 15.5 Å². The highest BCUT2D eigenvalue weighted by Crippen LogP contribution is 2.31. The van der Waals surface area contributed by atoms with Crippen LogP contribution in [0.1, 0.15) is 5.56 Å². The van der Waals surface area contributed by atoms with Gasteiger partial charge in [-0.1, -0.05) is 24.3 Å². The molecule has 3 nitrogen and oxygen atoms in total. The van der Waals surface area contributed by atoms with Gasteiger partial charge in [0.05, 0.1) is 12.8 Å². The Hall–Kier alpha value is -2.17. The molecule has 0 aliphatic carbocycles. The number of rotatable bonds is 4. The van der Waals surface area contributed by atoms with Crippen LogP contribution >= 0.6 is 11.3 Å². The zero-order valence-electron chi connectivity index (χ0n) is 11.7. The third-order valence-electron chi connectivity index (χ3n) is 3.36. The largest absolute Gasteiger partial charge is 0.497 e. The van der Waals surface area contributed by atoms with E-state index in [0.29, 0.717) is 6.54 Å². The molecule has 3 aromatic rings. The monoisotopic (exact) mass is 296 g/mol. The zero-order valence-corrected chi connectivity index (χ0v) is 12.6. The summed E-state index contributed by atoms with van der Waals surface area (Å²) < 4.78 is 5.18. The van der Waals surface area contributed by atoms with Crippen LogP contribution in [-0.4, -0.2) is 12.1 Å². The van der Waals surface area contributed by atoms with Gasteiger partial charge in [0.2, 0.25) is 0 Å². The van der Waals surface area contributed by atoms with Gasteiger partial charge in [-0.05, 0) is 29.8 Å². The number of benzene rings is 2. The van der Waals surface area contributed by atoms with Crippen molar-refractivity contribution in [3.05, 3.63) is 59.5 Å². The van der Waals surface area contributed by atoms with Gasteiger partial charge in [0.1, 0.15) is 10.8 Å². The van der Waals surface area contributed by atoms with Crippen LogP contribution in [0.3, 0.4) is 0 Å². The molecule has 0 atom stereocenters. The molecule has 3 rings (SSSR count). The summed E-state index contributed by atoms with van der Waals surface area (Å²) in [5.74, 6) is 0.850. The van der Waals surface area contributed by atoms with Crippen LogP contribution in [-0.2, 0) is 6.54 Å². The fourth-order valence-electron chi connectivity index (χ4n) is 2.20. The lowest BCUT2D eigenvalue weighted by Crippen LogP contribution is -1.98. The Balaban J connectivity index is 1.95. The molecule has 0 aliphatic heterocycles. The third kappa shape index (κ3) is 2.82. The molecule has 0 bridgehead atoms. The van der Waals surface area contributed by atoms with Gasteiger partial charge in [-0.3, -0.25) is 0 Å². The maximum Gasteiger partial charge on any atom is 0.124 e. The van der Waals surface area contributed by atoms with E-state index in [2.05, 4.69) is 11.4 Å². The van der Waals surface area contributed by atoms with E-state index in [-0.39, 0.29) is 0 Å². The van der Waals surface area contributed by atoms with Gasteiger partial charge in [0.25, 0.3) is 0 Å². The van der Waals surface area contributed by atoms with Crippen LogP contribution in [0.25, 0.3) is 21.8 Å². The summed E-state index contributed by atoms with van der Waals surface area (Å²) in [6.07, 6.45) is 0. The fourth-order valence-corrected chi connectivity index (χ4v) is 3.09. The smallest absolute Gasteiger partial charge is 0.124 e. The Morgan fingerprint density at radius 3 is 2.57 bits per heavy atom. The normalized spacial score (nSPS) is 10.6. The topological polar surface area (TPSA) is 48.1 Å². The summed E-state index contributed by atoms with van der Waals surface area (Å²) in [7, 11) is 1.67. The van der Waals surface area contributed by atoms with E-state index in [1.54, 1.807) is 18.4 Å². The molecule has 0 saturated heterocycles. The molecule has 1 aromatic heterocycles. The van der Waals surface area contributed by atoms with Gasteiger partial charge in [-0.2, -0.15) is 0 Å². The number of hydrogen-bond donors (Lipinski definition) is 1. The number of aromatic nitrogens is 1. The highest BCUT2D eigenvalue weighted by Gasteiger charge is 2.09. The number of methoxy groups -OCH3 is 1. The van der Waals surface area contributed by atoms with Gasteiger partial charge in [-0.25, -0.2) is 4.98 Å². The summed E-state index contributed by atoms with van der Waals surface area (Å²) in [6.45, 7) is 0.521. The Morgan fingerprint density at radius 1 is 1.10 bits per heavy atom. The first-order valence-electron chi connectivity index (χ1n) is 6.70. The molecule has 0 aliphatic rings. The molecule has 0 amide bonds. The Bertz CT molecular complexity index is 735. The van der Waals surface area contributed by atoms with E-state index in [9.17, 15) is 0 Å². The molecule has 0 unspecified atom stereocenters. The summed E-state index contributed by atoms with van der Waals surface area (Å²) in [5, 5.41) is 3.08. The minimum absolute atomic E-state index is 0.521. The highest BCUT2D eigenvalue weighted by atomic mass is 32.1. The van der Waals surface area contributed by atoms with Crippen LogP contribution < -0.4 is 10.5 Å². The first-order chi connectivity index (χ1) is 10.3. The Kier molecular flexibility index (Phi) is 3.99. The number of nitrogens with zero attached hydrogens (tertiary/aromatic N) is 1. The van der Waals surface area contributed by atoms with E-state index >= 15 is 0 Å². The van der Waals surface area contributed by atoms with E-state index in [1.807, 2.05) is 42.5 Å². The molecule has 0 fully saturated rings. The average Bonchev–Trinajstić information content (AvgIpc) is 3.04. The first kappa shape index (κ1) is 13.8. The first-order valence-corrected chi connectivity index (χ1v) is 7.58. The second kappa shape index (κ2) is 6.08. The van der Waals surface area contributed by atoms with E-state index < -0.39 is 0 Å². The van der Waals surface area contributed by atoms with Gasteiger partial charge in [0.15, 0.2) is 0 Å². The highest BCUT2D eigenvalue weighted by molar-refractivity contribution is 7.13. The van der Waals surface area contributed by atoms with Crippen molar-refractivity contribution in [3.63, 3.8) is 0 Å². The van der Waals surface area contributed by atoms with Crippen LogP contribution in [0.5, 0.6) is 5.75 Å². The van der Waals surface area contributed by atoms with Crippen molar-refractivity contribution < 1.29 is 4.74 Å². The van der Waals surface area contributed by atoms with Crippen LogP contribution in [0, 0.1) is 0 Å². The SMILES string of the molecule is COc1ccc(-c2csc(-c3ccccc3CN)n2)cc1. The molecule has 0 radical (unpaired) electrons. The van der Waals surface area contributed by atoms with Crippen molar-refractivity contribution in [2.45, 2.75) is 6.54 Å². The summed E-state index contributed by atoms with van der Waals surface area (Å²) in [5.41, 5.74) is 10.1. The van der Waals surface area contributed by atoms with Crippen molar-refractivity contribution in [1.82, 2.24) is 4.98 Å². The van der Waals surface area contributed by atoms with Gasteiger partial charge in [-0.15, -0.1) is 11.3 Å². The predicted octanol–water partition coefficient (Wildman–Crippen LogP) is 3.94. The lowest BCUT2D eigenvalue weighted by molar-refractivity contribution is 0.415. The van der Waals surface area contributed by atoms with Crippen molar-refractivity contribution in [1.29, 1.82) is 0 Å². The maximum atomic E-state index is 5.80. The third-order valence-corrected chi connectivity index (χ3v) is 4.23. The van der Waals surface area contributed by atoms with Crippen molar-refractivity contribution >= 4 is 11.3 Å². The molecule has 2 N–H and O–H groups in total. The van der Waals surface area contributed by atoms with Gasteiger partial charge >= 0.3 is 0 Å². The minimum atomic E-state index is 0.521. The van der Waals surface area contributed by atoms with Gasteiger partial charge < -0.3 is 10.5 Å². The van der Waals surface area contributed by atoms with Gasteiger partial charge in [0, 0.05) is 23.1 Å². The molecule has 0 saturated carbocycles. The summed E-state index contributed by atoms with van der Waals surface area (Å²) in [4.78, 5) is 4.74. The second-order valence-electron chi connectivity index (χ2n) is 4.63. The molecule has 0 spiro atoms. The molecular weight excluding hydrogens is 280 g/mol. The predicted molar refractivity (Wildman–Crippen MR) is 87.4 cm³/mol. The summed E-state index contributed by atoms with van der Waals surface area (Å²) >= 11 is 1.64. The average molecular weight is 296 g/mol. The lowest BCUT2D eigenvalue weighted by atomic mass is 10.1. The second-order valence-corrected chi connectivity index (χ2v) is 5.49. The fraction of sp³-hybridized carbons (Fsp3) is 0.118. The Morgan fingerprint density at radius 2 is 1.86 bits per heavy atom. The van der Waals surface area contributed by atoms with E-state index in [1.165, 1.54) is 0 Å². The number of hydrogen-bond acceptors (Lipinski definition) is 4. The minimum Gasteiger partial charge on any atom is -0.497 e. The van der Waals surface area contributed by atoms with Crippen LogP contribution in [0.2, 0.25) is 0 Å². The molecule has 21 heavy (non-hydrogen) atoms. The van der Waals surface area contributed by atoms with E-state index in [0.717, 1.165) is 33.1 Å². The lowest BCUT2D eigenvalue weighted by Gasteiger charge is -2.04. The quantitative estimate of drug-likeness (QED) is 0.793. The molecule has 1 heterocycles. The molecule has 106 valence electrons. The Labute approximate surface area is 128 Å². The van der Waals surface area contributed by atoms with Crippen molar-refractivity contribution in [2.75, 3.05) is 7.11 Å². The zero-order chi connectivity index (χ0) is 14.7. The number of nitrogens with two attached hydrogens (primary N) is 1. The van der Waals surface area contributed by atoms with Crippen LogP contribution in [0.15, 0.2) is 53.9 Å². The summed E-state index contributed by atoms with van der Waals surface area (Å²) in [6, 6.07) is 16.1. The van der Waals surface area contributed by atoms with Crippen molar-refractivity contribution in [3.8, 4) is 27.6 Å². The molecule has 4 heteroatoms. The molecule has 2 aromatic carbocycles. The molecular formula is C17H16N2OS. The standard InChI is InChI=1S/C17H16N2OS/c1-20-14-8-6-12(7-9-14)16-11-21-17(19-16)15-5-3-2-4-13(15)10-18/h2-9,11H,10,18H2,1H3. The number of ether oxygens (including phenoxy) is 1. The van der Waals surface area contributed by atoms with Crippen molar-refractivity contribution in [2.24, 2.45) is 5.73 Å².